The summed E-state index contributed by atoms with van der Waals surface area (Å²) in [7, 11) is -8.64. The summed E-state index contributed by atoms with van der Waals surface area (Å²) in [6, 6.07) is 0. The van der Waals surface area contributed by atoms with E-state index in [-0.39, 0.29) is 85.5 Å². The molecule has 0 rings (SSSR count). The molecule has 12 heteroatoms. The van der Waals surface area contributed by atoms with Crippen LogP contribution in [0.1, 0.15) is 155 Å². The zero-order valence-corrected chi connectivity index (χ0v) is 32.3. The van der Waals surface area contributed by atoms with Gasteiger partial charge < -0.3 is 27.9 Å². The molecule has 0 aromatic carbocycles. The van der Waals surface area contributed by atoms with E-state index in [1.807, 2.05) is 0 Å². The Labute approximate surface area is 291 Å². The third kappa shape index (κ3) is 36.4. The van der Waals surface area contributed by atoms with E-state index in [1.54, 1.807) is 0 Å². The zero-order valence-electron chi connectivity index (χ0n) is 26.5. The Bertz CT molecular complexity index is 553. The second-order valence-electron chi connectivity index (χ2n) is 10.3. The van der Waals surface area contributed by atoms with Crippen LogP contribution in [0, 0.1) is 0 Å². The number of phosphoric acid groups is 2. The largest absolute Gasteiger partial charge is 1.00 e. The molecule has 0 saturated carbocycles. The summed E-state index contributed by atoms with van der Waals surface area (Å²) in [6.07, 6.45) is 24.0. The van der Waals surface area contributed by atoms with E-state index in [0.29, 0.717) is 25.7 Å². The molecule has 0 heterocycles. The van der Waals surface area contributed by atoms with E-state index in [0.717, 1.165) is 25.7 Å². The summed E-state index contributed by atoms with van der Waals surface area (Å²) in [4.78, 5) is 23.6. The van der Waals surface area contributed by atoms with Crippen LogP contribution >= 0.6 is 15.6 Å². The Morgan fingerprint density at radius 3 is 0.775 bits per heavy atom. The van der Waals surface area contributed by atoms with Crippen LogP contribution in [0.3, 0.4) is 0 Å². The summed E-state index contributed by atoms with van der Waals surface area (Å²) in [5.74, 6) is 0. The molecule has 40 heavy (non-hydrogen) atoms. The third-order valence-corrected chi connectivity index (χ3v) is 8.53. The van der Waals surface area contributed by atoms with Crippen molar-refractivity contribution in [3.8, 4) is 0 Å². The van der Waals surface area contributed by atoms with Gasteiger partial charge in [0, 0.05) is 0 Å². The van der Waals surface area contributed by atoms with Crippen LogP contribution in [-0.4, -0.2) is 26.4 Å². The molecule has 0 fully saturated rings. The maximum Gasteiger partial charge on any atom is 1.00 e. The van der Waals surface area contributed by atoms with Crippen LogP contribution in [0.25, 0.3) is 0 Å². The molecular weight excluding hydrogens is 572 g/mol. The zero-order chi connectivity index (χ0) is 28.2. The molecule has 0 radical (unpaired) electrons. The van der Waals surface area contributed by atoms with Crippen molar-refractivity contribution >= 4 is 15.6 Å². The first-order valence-electron chi connectivity index (χ1n) is 15.5. The minimum Gasteiger partial charge on any atom is -0.756 e. The van der Waals surface area contributed by atoms with Gasteiger partial charge in [-0.3, -0.25) is 9.13 Å². The van der Waals surface area contributed by atoms with E-state index in [2.05, 4.69) is 13.8 Å². The topological polar surface area (TPSA) is 117 Å². The summed E-state index contributed by atoms with van der Waals surface area (Å²) in [6.45, 7) is 4.58. The molecule has 0 N–H and O–H groups in total. The number of phosphoric ester groups is 2. The van der Waals surface area contributed by atoms with Gasteiger partial charge in [-0.2, -0.15) is 0 Å². The molecule has 230 valence electrons. The number of unbranched alkanes of at least 4 members (excludes halogenated alkanes) is 19. The van der Waals surface area contributed by atoms with Crippen molar-refractivity contribution < 1.29 is 96.1 Å². The first-order chi connectivity index (χ1) is 18.3. The van der Waals surface area contributed by atoms with Gasteiger partial charge in [0.2, 0.25) is 0 Å². The van der Waals surface area contributed by atoms with Gasteiger partial charge in [0.25, 0.3) is 15.6 Å². The minimum atomic E-state index is -4.32. The van der Waals surface area contributed by atoms with E-state index in [1.165, 1.54) is 89.9 Å². The van der Waals surface area contributed by atoms with Crippen molar-refractivity contribution in [3.63, 3.8) is 0 Å². The average Bonchev–Trinajstić information content (AvgIpc) is 2.87. The van der Waals surface area contributed by atoms with Gasteiger partial charge >= 0.3 is 59.1 Å². The van der Waals surface area contributed by atoms with Crippen LogP contribution in [0.4, 0.5) is 0 Å². The molecule has 0 bridgehead atoms. The van der Waals surface area contributed by atoms with E-state index < -0.39 is 15.6 Å². The molecule has 0 aromatic rings. The van der Waals surface area contributed by atoms with Gasteiger partial charge in [0.05, 0.1) is 26.4 Å². The summed E-state index contributed by atoms with van der Waals surface area (Å²) in [5, 5.41) is 0. The van der Waals surface area contributed by atoms with Crippen LogP contribution in [0.5, 0.6) is 0 Å². The maximum atomic E-state index is 11.8. The monoisotopic (exact) mass is 630 g/mol. The fourth-order valence-electron chi connectivity index (χ4n) is 4.16. The third-order valence-electron chi connectivity index (χ3n) is 6.53. The quantitative estimate of drug-likeness (QED) is 0.0652. The molecule has 0 spiro atoms. The molecule has 2 unspecified atom stereocenters. The van der Waals surface area contributed by atoms with Crippen molar-refractivity contribution in [1.82, 2.24) is 0 Å². The van der Waals surface area contributed by atoms with E-state index in [9.17, 15) is 18.9 Å². The fourth-order valence-corrected chi connectivity index (χ4v) is 5.72. The van der Waals surface area contributed by atoms with Crippen LogP contribution < -0.4 is 68.9 Å². The van der Waals surface area contributed by atoms with Crippen LogP contribution in [0.15, 0.2) is 0 Å². The number of hydrogen-bond donors (Lipinski definition) is 0. The first kappa shape index (κ1) is 46.6. The molecule has 0 aliphatic heterocycles. The summed E-state index contributed by atoms with van der Waals surface area (Å²) >= 11 is 0. The smallest absolute Gasteiger partial charge is 0.756 e. The van der Waals surface area contributed by atoms with Gasteiger partial charge in [-0.25, -0.2) is 0 Å². The number of rotatable bonds is 31. The Morgan fingerprint density at radius 1 is 0.375 bits per heavy atom. The molecule has 0 amide bonds. The average molecular weight is 631 g/mol. The summed E-state index contributed by atoms with van der Waals surface area (Å²) in [5.41, 5.74) is 0. The van der Waals surface area contributed by atoms with Gasteiger partial charge in [-0.1, -0.05) is 129 Å². The second-order valence-corrected chi connectivity index (χ2v) is 13.1. The van der Waals surface area contributed by atoms with Crippen molar-refractivity contribution in [2.75, 3.05) is 26.4 Å². The maximum absolute atomic E-state index is 11.8. The number of hydrogen-bond acceptors (Lipinski definition) is 8. The van der Waals surface area contributed by atoms with Crippen molar-refractivity contribution in [3.05, 3.63) is 0 Å². The van der Waals surface area contributed by atoms with Crippen LogP contribution in [-0.2, 0) is 27.2 Å². The predicted molar refractivity (Wildman–Crippen MR) is 152 cm³/mol. The SMILES string of the molecule is CCCCCCCCCCCCOP(=O)([O-])OCCCCOP(=O)([O-])OCCCCCCCCCCCC.[Na+].[Na+]. The molecule has 0 aliphatic carbocycles. The van der Waals surface area contributed by atoms with Gasteiger partial charge in [-0.05, 0) is 25.7 Å². The Balaban J connectivity index is -0.00000684. The Hall–Kier alpha value is 2.22. The molecule has 0 aromatic heterocycles. The molecule has 0 saturated heterocycles. The standard InChI is InChI=1S/C28H60O8P2.2Na/c1-3-5-7-9-11-13-15-17-19-21-25-33-37(29,30)35-27-23-24-28-36-38(31,32)34-26-22-20-18-16-14-12-10-8-6-4-2;;/h3-28H2,1-2H3,(H,29,30)(H,31,32);;/q;2*+1/p-2. The van der Waals surface area contributed by atoms with Crippen LogP contribution in [0.2, 0.25) is 0 Å². The fraction of sp³-hybridized carbons (Fsp3) is 1.00. The van der Waals surface area contributed by atoms with Crippen molar-refractivity contribution in [2.24, 2.45) is 0 Å². The van der Waals surface area contributed by atoms with E-state index >= 15 is 0 Å². The van der Waals surface area contributed by atoms with Gasteiger partial charge in [0.1, 0.15) is 0 Å². The van der Waals surface area contributed by atoms with Gasteiger partial charge in [0.15, 0.2) is 0 Å². The predicted octanol–water partition coefficient (Wildman–Crippen LogP) is 2.62. The molecule has 2 atom stereocenters. The molecule has 8 nitrogen and oxygen atoms in total. The van der Waals surface area contributed by atoms with Gasteiger partial charge in [-0.15, -0.1) is 0 Å². The first-order valence-corrected chi connectivity index (χ1v) is 18.5. The Morgan fingerprint density at radius 2 is 0.550 bits per heavy atom. The molecular formula is C28H58Na2O8P2. The van der Waals surface area contributed by atoms with Crippen molar-refractivity contribution in [2.45, 2.75) is 155 Å². The Kier molecular flexibility index (Phi) is 39.8. The minimum absolute atomic E-state index is 0. The second kappa shape index (κ2) is 34.1. The van der Waals surface area contributed by atoms with Crippen molar-refractivity contribution in [1.29, 1.82) is 0 Å². The summed E-state index contributed by atoms with van der Waals surface area (Å²) < 4.78 is 43.1. The van der Waals surface area contributed by atoms with E-state index in [4.69, 9.17) is 18.1 Å². The normalized spacial score (nSPS) is 14.2. The molecule has 0 aliphatic rings.